The highest BCUT2D eigenvalue weighted by Crippen LogP contribution is 2.32. The van der Waals surface area contributed by atoms with Gasteiger partial charge in [-0.3, -0.25) is 9.69 Å². The summed E-state index contributed by atoms with van der Waals surface area (Å²) in [6.07, 6.45) is 0.913. The van der Waals surface area contributed by atoms with Crippen LogP contribution in [0.4, 0.5) is 0 Å². The molecule has 1 N–H and O–H groups in total. The molecule has 0 spiro atoms. The first kappa shape index (κ1) is 21.5. The first-order chi connectivity index (χ1) is 16.1. The van der Waals surface area contributed by atoms with E-state index < -0.39 is 0 Å². The molecule has 0 unspecified atom stereocenters. The lowest BCUT2D eigenvalue weighted by Gasteiger charge is -2.34. The second kappa shape index (κ2) is 8.88. The topological polar surface area (TPSA) is 88.9 Å². The van der Waals surface area contributed by atoms with Crippen LogP contribution in [-0.2, 0) is 24.2 Å². The number of tetrazole rings is 1. The largest absolute Gasteiger partial charge is 0.383 e. The fourth-order valence-electron chi connectivity index (χ4n) is 4.78. The standard InChI is InChI=1S/C25H28N6O2/c1-16-8-9-17(2)22-20(16)14-21(25(32)26-22)23(24-27-28-29-31(24)12-13-33-3)30-11-10-18-6-4-5-7-19(18)15-30/h4-9,14,23H,10-13,15H2,1-3H3,(H,26,32)/t23-/m1/s1. The fourth-order valence-corrected chi connectivity index (χ4v) is 4.78. The van der Waals surface area contributed by atoms with Crippen molar-refractivity contribution in [3.63, 3.8) is 0 Å². The number of pyridine rings is 1. The summed E-state index contributed by atoms with van der Waals surface area (Å²) in [6, 6.07) is 14.3. The molecule has 2 aromatic heterocycles. The van der Waals surface area contributed by atoms with Gasteiger partial charge < -0.3 is 9.72 Å². The summed E-state index contributed by atoms with van der Waals surface area (Å²) < 4.78 is 7.01. The van der Waals surface area contributed by atoms with Crippen LogP contribution in [0.2, 0.25) is 0 Å². The van der Waals surface area contributed by atoms with E-state index in [0.717, 1.165) is 41.5 Å². The maximum absolute atomic E-state index is 13.5. The number of hydrogen-bond donors (Lipinski definition) is 1. The van der Waals surface area contributed by atoms with Gasteiger partial charge in [0.2, 0.25) is 0 Å². The van der Waals surface area contributed by atoms with E-state index in [1.807, 2.05) is 19.1 Å². The zero-order chi connectivity index (χ0) is 22.9. The van der Waals surface area contributed by atoms with E-state index in [0.29, 0.717) is 24.5 Å². The number of rotatable bonds is 6. The lowest BCUT2D eigenvalue weighted by Crippen LogP contribution is -2.38. The fraction of sp³-hybridized carbons (Fsp3) is 0.360. The number of hydrogen-bond acceptors (Lipinski definition) is 6. The Balaban J connectivity index is 1.67. The van der Waals surface area contributed by atoms with Crippen molar-refractivity contribution in [1.29, 1.82) is 0 Å². The normalized spacial score (nSPS) is 15.0. The van der Waals surface area contributed by atoms with E-state index in [4.69, 9.17) is 4.74 Å². The number of benzene rings is 2. The molecule has 2 aromatic carbocycles. The van der Waals surface area contributed by atoms with Crippen LogP contribution >= 0.6 is 0 Å². The number of nitrogens with one attached hydrogen (secondary N) is 1. The van der Waals surface area contributed by atoms with Crippen LogP contribution in [0, 0.1) is 13.8 Å². The molecule has 1 aliphatic heterocycles. The molecule has 8 heteroatoms. The van der Waals surface area contributed by atoms with Crippen molar-refractivity contribution in [2.45, 2.75) is 39.4 Å². The number of aromatic amines is 1. The van der Waals surface area contributed by atoms with Crippen LogP contribution in [0.3, 0.4) is 0 Å². The van der Waals surface area contributed by atoms with E-state index in [1.54, 1.807) is 11.8 Å². The van der Waals surface area contributed by atoms with Gasteiger partial charge in [-0.2, -0.15) is 0 Å². The number of aryl methyl sites for hydroxylation is 2. The first-order valence-electron chi connectivity index (χ1n) is 11.3. The molecule has 33 heavy (non-hydrogen) atoms. The smallest absolute Gasteiger partial charge is 0.253 e. The van der Waals surface area contributed by atoms with Crippen molar-refractivity contribution < 1.29 is 4.74 Å². The minimum absolute atomic E-state index is 0.110. The van der Waals surface area contributed by atoms with Gasteiger partial charge in [-0.05, 0) is 59.0 Å². The quantitative estimate of drug-likeness (QED) is 0.492. The molecule has 4 aromatic rings. The lowest BCUT2D eigenvalue weighted by atomic mass is 9.95. The van der Waals surface area contributed by atoms with Gasteiger partial charge in [0.15, 0.2) is 5.82 Å². The number of fused-ring (bicyclic) bond motifs is 2. The molecule has 8 nitrogen and oxygen atoms in total. The number of methoxy groups -OCH3 is 1. The third-order valence-electron chi connectivity index (χ3n) is 6.60. The zero-order valence-electron chi connectivity index (χ0n) is 19.2. The second-order valence-electron chi connectivity index (χ2n) is 8.69. The predicted octanol–water partition coefficient (Wildman–Crippen LogP) is 2.93. The molecule has 0 bridgehead atoms. The van der Waals surface area contributed by atoms with E-state index in [-0.39, 0.29) is 11.6 Å². The Morgan fingerprint density at radius 1 is 1.12 bits per heavy atom. The minimum atomic E-state index is -0.377. The monoisotopic (exact) mass is 444 g/mol. The Labute approximate surface area is 192 Å². The highest BCUT2D eigenvalue weighted by molar-refractivity contribution is 5.85. The molecular formula is C25H28N6O2. The van der Waals surface area contributed by atoms with Crippen molar-refractivity contribution in [2.24, 2.45) is 0 Å². The highest BCUT2D eigenvalue weighted by Gasteiger charge is 2.32. The van der Waals surface area contributed by atoms with Crippen molar-refractivity contribution in [3.05, 3.63) is 86.5 Å². The maximum Gasteiger partial charge on any atom is 0.253 e. The Morgan fingerprint density at radius 3 is 2.73 bits per heavy atom. The first-order valence-corrected chi connectivity index (χ1v) is 11.3. The summed E-state index contributed by atoms with van der Waals surface area (Å²) in [5.74, 6) is 0.654. The minimum Gasteiger partial charge on any atom is -0.383 e. The van der Waals surface area contributed by atoms with Crippen molar-refractivity contribution in [1.82, 2.24) is 30.1 Å². The van der Waals surface area contributed by atoms with E-state index in [1.165, 1.54) is 11.1 Å². The lowest BCUT2D eigenvalue weighted by molar-refractivity contribution is 0.169. The van der Waals surface area contributed by atoms with Gasteiger partial charge >= 0.3 is 0 Å². The van der Waals surface area contributed by atoms with Crippen LogP contribution in [-0.4, -0.2) is 50.4 Å². The summed E-state index contributed by atoms with van der Waals surface area (Å²) in [6.45, 7) is 6.62. The number of nitrogens with zero attached hydrogens (tertiary/aromatic N) is 5. The summed E-state index contributed by atoms with van der Waals surface area (Å²) >= 11 is 0. The van der Waals surface area contributed by atoms with Gasteiger partial charge in [-0.15, -0.1) is 5.10 Å². The van der Waals surface area contributed by atoms with Crippen LogP contribution in [0.25, 0.3) is 10.9 Å². The second-order valence-corrected chi connectivity index (χ2v) is 8.69. The SMILES string of the molecule is COCCn1nnnc1[C@@H](c1cc2c(C)ccc(C)c2[nH]c1=O)N1CCc2ccccc2C1. The molecule has 5 rings (SSSR count). The Morgan fingerprint density at radius 2 is 1.91 bits per heavy atom. The Hall–Kier alpha value is -3.36. The molecule has 0 saturated carbocycles. The van der Waals surface area contributed by atoms with Gasteiger partial charge in [0.25, 0.3) is 5.56 Å². The zero-order valence-corrected chi connectivity index (χ0v) is 19.2. The van der Waals surface area contributed by atoms with Crippen molar-refractivity contribution in [2.75, 3.05) is 20.3 Å². The molecule has 0 amide bonds. The molecule has 1 atom stereocenters. The molecular weight excluding hydrogens is 416 g/mol. The molecule has 0 fully saturated rings. The molecule has 0 aliphatic carbocycles. The van der Waals surface area contributed by atoms with E-state index >= 15 is 0 Å². The number of aromatic nitrogens is 5. The summed E-state index contributed by atoms with van der Waals surface area (Å²) in [7, 11) is 1.65. The molecule has 0 saturated heterocycles. The predicted molar refractivity (Wildman–Crippen MR) is 126 cm³/mol. The molecule has 0 radical (unpaired) electrons. The van der Waals surface area contributed by atoms with Gasteiger partial charge in [0.1, 0.15) is 6.04 Å². The summed E-state index contributed by atoms with van der Waals surface area (Å²) in [4.78, 5) is 18.9. The van der Waals surface area contributed by atoms with Crippen LogP contribution in [0.15, 0.2) is 47.3 Å². The Kier molecular flexibility index (Phi) is 5.78. The van der Waals surface area contributed by atoms with Crippen LogP contribution in [0.1, 0.15) is 39.7 Å². The van der Waals surface area contributed by atoms with Gasteiger partial charge in [-0.1, -0.05) is 36.4 Å². The van der Waals surface area contributed by atoms with Gasteiger partial charge in [-0.25, -0.2) is 4.68 Å². The molecule has 1 aliphatic rings. The van der Waals surface area contributed by atoms with E-state index in [2.05, 4.69) is 62.7 Å². The molecule has 170 valence electrons. The Bertz CT molecular complexity index is 1360. The van der Waals surface area contributed by atoms with E-state index in [9.17, 15) is 4.79 Å². The number of H-pyrrole nitrogens is 1. The van der Waals surface area contributed by atoms with Crippen LogP contribution in [0.5, 0.6) is 0 Å². The van der Waals surface area contributed by atoms with Crippen molar-refractivity contribution in [3.8, 4) is 0 Å². The van der Waals surface area contributed by atoms with Crippen LogP contribution < -0.4 is 5.56 Å². The number of ether oxygens (including phenoxy) is 1. The third-order valence-corrected chi connectivity index (χ3v) is 6.60. The highest BCUT2D eigenvalue weighted by atomic mass is 16.5. The third kappa shape index (κ3) is 3.96. The average molecular weight is 445 g/mol. The summed E-state index contributed by atoms with van der Waals surface area (Å²) in [5.41, 5.74) is 6.22. The van der Waals surface area contributed by atoms with Crippen molar-refractivity contribution >= 4 is 10.9 Å². The summed E-state index contributed by atoms with van der Waals surface area (Å²) in [5, 5.41) is 13.6. The van der Waals surface area contributed by atoms with Gasteiger partial charge in [0.05, 0.1) is 18.7 Å². The average Bonchev–Trinajstić information content (AvgIpc) is 3.29. The molecule has 3 heterocycles. The van der Waals surface area contributed by atoms with Gasteiger partial charge in [0, 0.05) is 31.1 Å². The maximum atomic E-state index is 13.5.